The van der Waals surface area contributed by atoms with Crippen LogP contribution in [0.3, 0.4) is 0 Å². The molecule has 0 heterocycles. The molecule has 17 heavy (non-hydrogen) atoms. The zero-order valence-corrected chi connectivity index (χ0v) is 10.2. The van der Waals surface area contributed by atoms with Crippen LogP contribution < -0.4 is 0 Å². The quantitative estimate of drug-likeness (QED) is 0.441. The second kappa shape index (κ2) is 47.4. The minimum atomic E-state index is -0.981. The molecule has 0 aliphatic carbocycles. The number of aliphatic hydroxyl groups excluding tert-OH is 3. The third-order valence-electron chi connectivity index (χ3n) is 0.596. The third kappa shape index (κ3) is 117. The maximum atomic E-state index is 9.25. The summed E-state index contributed by atoms with van der Waals surface area (Å²) in [7, 11) is 0. The van der Waals surface area contributed by atoms with E-state index in [9.17, 15) is 4.79 Å². The van der Waals surface area contributed by atoms with Crippen molar-refractivity contribution in [2.24, 2.45) is 0 Å². The van der Waals surface area contributed by atoms with Crippen LogP contribution in [0.15, 0.2) is 52.1 Å². The van der Waals surface area contributed by atoms with Gasteiger partial charge in [0, 0.05) is 6.08 Å². The number of rotatable bonds is 3. The number of carboxylic acid groups (broad SMARTS) is 1. The van der Waals surface area contributed by atoms with Crippen LogP contribution in [0.25, 0.3) is 0 Å². The molecule has 0 aromatic carbocycles. The fourth-order valence-corrected chi connectivity index (χ4v) is 0.0577. The van der Waals surface area contributed by atoms with Gasteiger partial charge in [0.1, 0.15) is 6.10 Å². The summed E-state index contributed by atoms with van der Waals surface area (Å²) in [5.74, 6) is -0.981. The zero-order chi connectivity index (χ0) is 15.3. The molecular weight excluding hydrogens is 224 g/mol. The molecule has 0 aliphatic heterocycles. The Morgan fingerprint density at radius 2 is 1.18 bits per heavy atom. The van der Waals surface area contributed by atoms with Gasteiger partial charge in [-0.25, -0.2) is 4.79 Å². The van der Waals surface area contributed by atoms with Crippen LogP contribution in [-0.2, 0) is 4.79 Å². The summed E-state index contributed by atoms with van der Waals surface area (Å²) in [6.07, 6.45) is -0.120. The highest BCUT2D eigenvalue weighted by Crippen LogP contribution is 1.71. The SMILES string of the molecule is C=C.C=C.C=C.C=CC(=O)O.OCC(O)CO. The van der Waals surface area contributed by atoms with E-state index in [1.807, 2.05) is 0 Å². The van der Waals surface area contributed by atoms with Crippen molar-refractivity contribution in [3.63, 3.8) is 0 Å². The Morgan fingerprint density at radius 3 is 1.18 bits per heavy atom. The second-order valence-electron chi connectivity index (χ2n) is 1.56. The van der Waals surface area contributed by atoms with Crippen LogP contribution in [-0.4, -0.2) is 45.7 Å². The van der Waals surface area contributed by atoms with Gasteiger partial charge in [-0.2, -0.15) is 0 Å². The Hall–Kier alpha value is -1.69. The van der Waals surface area contributed by atoms with Gasteiger partial charge in [0.05, 0.1) is 13.2 Å². The molecule has 5 nitrogen and oxygen atoms in total. The largest absolute Gasteiger partial charge is 0.478 e. The lowest BCUT2D eigenvalue weighted by molar-refractivity contribution is -0.131. The van der Waals surface area contributed by atoms with Crippen LogP contribution in [0.1, 0.15) is 0 Å². The fraction of sp³-hybridized carbons (Fsp3) is 0.250. The molecule has 0 atom stereocenters. The molecule has 0 unspecified atom stereocenters. The summed E-state index contributed by atoms with van der Waals surface area (Å²) in [5, 5.41) is 31.6. The lowest BCUT2D eigenvalue weighted by atomic mass is 10.4. The van der Waals surface area contributed by atoms with E-state index >= 15 is 0 Å². The van der Waals surface area contributed by atoms with Gasteiger partial charge in [0.2, 0.25) is 0 Å². The summed E-state index contributed by atoms with van der Waals surface area (Å²) in [4.78, 5) is 9.25. The summed E-state index contributed by atoms with van der Waals surface area (Å²) in [6, 6.07) is 0. The van der Waals surface area contributed by atoms with E-state index < -0.39 is 12.1 Å². The van der Waals surface area contributed by atoms with Gasteiger partial charge < -0.3 is 20.4 Å². The van der Waals surface area contributed by atoms with Gasteiger partial charge in [0.15, 0.2) is 0 Å². The third-order valence-corrected chi connectivity index (χ3v) is 0.596. The van der Waals surface area contributed by atoms with Crippen molar-refractivity contribution in [3.05, 3.63) is 52.1 Å². The van der Waals surface area contributed by atoms with Crippen molar-refractivity contribution in [1.29, 1.82) is 0 Å². The fourth-order valence-electron chi connectivity index (χ4n) is 0.0577. The van der Waals surface area contributed by atoms with Crippen molar-refractivity contribution >= 4 is 5.97 Å². The van der Waals surface area contributed by atoms with Crippen LogP contribution in [0.5, 0.6) is 0 Å². The molecule has 0 bridgehead atoms. The van der Waals surface area contributed by atoms with Crippen molar-refractivity contribution in [2.75, 3.05) is 13.2 Å². The molecule has 0 radical (unpaired) electrons. The van der Waals surface area contributed by atoms with Crippen molar-refractivity contribution in [2.45, 2.75) is 6.10 Å². The predicted octanol–water partition coefficient (Wildman–Crippen LogP) is 0.995. The molecule has 4 N–H and O–H groups in total. The minimum absolute atomic E-state index is 0.365. The minimum Gasteiger partial charge on any atom is -0.478 e. The number of aliphatic hydroxyl groups is 3. The molecule has 0 saturated heterocycles. The Bertz CT molecular complexity index is 139. The van der Waals surface area contributed by atoms with Crippen LogP contribution in [0.2, 0.25) is 0 Å². The van der Waals surface area contributed by atoms with Crippen LogP contribution in [0, 0.1) is 0 Å². The molecule has 0 aromatic rings. The second-order valence-corrected chi connectivity index (χ2v) is 1.56. The highest BCUT2D eigenvalue weighted by atomic mass is 16.4. The molecule has 0 saturated carbocycles. The smallest absolute Gasteiger partial charge is 0.327 e. The number of carboxylic acids is 1. The summed E-state index contributed by atoms with van der Waals surface area (Å²) >= 11 is 0. The Morgan fingerprint density at radius 1 is 1.00 bits per heavy atom. The first-order valence-electron chi connectivity index (χ1n) is 4.33. The highest BCUT2D eigenvalue weighted by molar-refractivity contribution is 5.78. The molecule has 102 valence electrons. The average molecular weight is 248 g/mol. The van der Waals surface area contributed by atoms with Crippen molar-refractivity contribution < 1.29 is 25.2 Å². The van der Waals surface area contributed by atoms with E-state index in [-0.39, 0.29) is 13.2 Å². The molecule has 0 spiro atoms. The summed E-state index contributed by atoms with van der Waals surface area (Å²) in [5.41, 5.74) is 0. The predicted molar refractivity (Wildman–Crippen MR) is 71.8 cm³/mol. The van der Waals surface area contributed by atoms with Gasteiger partial charge in [0.25, 0.3) is 0 Å². The number of hydrogen-bond acceptors (Lipinski definition) is 4. The molecular formula is C12H24O5. The number of hydrogen-bond donors (Lipinski definition) is 4. The highest BCUT2D eigenvalue weighted by Gasteiger charge is 1.93. The Labute approximate surface area is 103 Å². The number of carbonyl (C=O) groups is 1. The standard InChI is InChI=1S/C3H8O3.C3H4O2.3C2H4/c4-1-3(6)2-5;1-2-3(4)5;3*1-2/h3-6H,1-2H2;2H,1H2,(H,4,5);3*1-2H2. The zero-order valence-electron chi connectivity index (χ0n) is 10.2. The topological polar surface area (TPSA) is 98.0 Å². The molecule has 0 fully saturated rings. The number of aliphatic carboxylic acids is 1. The van der Waals surface area contributed by atoms with Gasteiger partial charge in [-0.05, 0) is 0 Å². The van der Waals surface area contributed by atoms with Gasteiger partial charge in [-0.3, -0.25) is 0 Å². The van der Waals surface area contributed by atoms with E-state index in [1.165, 1.54) is 0 Å². The van der Waals surface area contributed by atoms with Crippen LogP contribution in [0.4, 0.5) is 0 Å². The summed E-state index contributed by atoms with van der Waals surface area (Å²) < 4.78 is 0. The lowest BCUT2D eigenvalue weighted by Gasteiger charge is -1.96. The Kier molecular flexibility index (Phi) is 82.3. The van der Waals surface area contributed by atoms with E-state index in [1.54, 1.807) is 0 Å². The lowest BCUT2D eigenvalue weighted by Crippen LogP contribution is -2.15. The maximum absolute atomic E-state index is 9.25. The molecule has 0 rings (SSSR count). The van der Waals surface area contributed by atoms with Crippen LogP contribution >= 0.6 is 0 Å². The van der Waals surface area contributed by atoms with E-state index in [0.29, 0.717) is 0 Å². The van der Waals surface area contributed by atoms with E-state index in [4.69, 9.17) is 20.4 Å². The van der Waals surface area contributed by atoms with Crippen molar-refractivity contribution in [1.82, 2.24) is 0 Å². The molecule has 0 aliphatic rings. The summed E-state index contributed by atoms with van der Waals surface area (Å²) in [6.45, 7) is 20.2. The van der Waals surface area contributed by atoms with Gasteiger partial charge in [-0.1, -0.05) is 6.58 Å². The average Bonchev–Trinajstić information content (AvgIpc) is 2.45. The normalized spacial score (nSPS) is 6.12. The first-order valence-corrected chi connectivity index (χ1v) is 4.33. The van der Waals surface area contributed by atoms with E-state index in [2.05, 4.69) is 46.1 Å². The molecule has 5 heteroatoms. The van der Waals surface area contributed by atoms with Crippen molar-refractivity contribution in [3.8, 4) is 0 Å². The molecule has 0 amide bonds. The first kappa shape index (κ1) is 29.5. The van der Waals surface area contributed by atoms with Gasteiger partial charge >= 0.3 is 5.97 Å². The first-order chi connectivity index (χ1) is 8.08. The van der Waals surface area contributed by atoms with Gasteiger partial charge in [-0.15, -0.1) is 39.5 Å². The Balaban J connectivity index is -0.0000000395. The maximum Gasteiger partial charge on any atom is 0.327 e. The van der Waals surface area contributed by atoms with E-state index in [0.717, 1.165) is 6.08 Å². The monoisotopic (exact) mass is 248 g/mol. The molecule has 0 aromatic heterocycles.